The largest absolute Gasteiger partial charge is 0.506 e. The number of hydrogen-bond donors (Lipinski definition) is 17. The molecule has 21 atom stereocenters. The van der Waals surface area contributed by atoms with Crippen LogP contribution in [-0.4, -0.2) is 217 Å². The fraction of sp³-hybridized carbons (Fsp3) is 0.886. The Morgan fingerprint density at radius 1 is 0.731 bits per heavy atom. The summed E-state index contributed by atoms with van der Waals surface area (Å²) in [7, 11) is 0. The van der Waals surface area contributed by atoms with Crippen LogP contribution in [0.3, 0.4) is 0 Å². The van der Waals surface area contributed by atoms with Crippen LogP contribution in [0.2, 0.25) is 0 Å². The number of aliphatic hydroxyl groups is 17. The number of rotatable bonds is 23. The molecule has 1 saturated heterocycles. The number of esters is 1. The summed E-state index contributed by atoms with van der Waals surface area (Å²) in [5.74, 6) is -3.15. The number of hydrogen-bond acceptors (Lipinski definition) is 23. The molecule has 388 valence electrons. The SMILES string of the molecule is C=C1C[C@@]23CCC4[C@](C)(C(=O)OC5OC(CO)C(O)C(OC(O)C(O)C(O)C(O)CCO)C5OC(O)C(O)C(O)C(O)CCO)CCC[C@@]4(C)[C@@H]2CC[C@]1(OC(O)/C(O)=C(\O)C(O)CCO)C3. The summed E-state index contributed by atoms with van der Waals surface area (Å²) < 4.78 is 29.2. The standard InChI is InChI=1S/C44H74O23/c1-20-17-43-12-5-25-41(2,26(43)6-13-44(20,19-43)67-38(61)33(58)29(54)23(51)9-16-47)10-4-11-42(25,3)40(62)66-39-35(65-37(60)32(57)28(53)22(50)8-15-46)34(30(55)24(18-48)63-39)64-36(59)31(56)27(52)21(49)7-14-45/h21-28,30-32,34-39,45-61H,1,4-19H2,2-3H3/b33-29+/t21?,22?,23?,24?,25?,26-,27?,28?,30?,31?,32?,34?,35?,36?,37?,38?,39?,41+,42+,43+,44-/m0/s1. The third-order valence-electron chi connectivity index (χ3n) is 15.7. The first-order valence-corrected chi connectivity index (χ1v) is 23.0. The Morgan fingerprint density at radius 2 is 1.28 bits per heavy atom. The fourth-order valence-electron chi connectivity index (χ4n) is 12.1. The van der Waals surface area contributed by atoms with E-state index in [1.54, 1.807) is 6.92 Å². The van der Waals surface area contributed by atoms with Crippen molar-refractivity contribution in [2.24, 2.45) is 28.1 Å². The summed E-state index contributed by atoms with van der Waals surface area (Å²) in [6.07, 6.45) is -27.8. The molecule has 1 heterocycles. The Morgan fingerprint density at radius 3 is 1.84 bits per heavy atom. The lowest BCUT2D eigenvalue weighted by Gasteiger charge is -2.64. The predicted octanol–water partition coefficient (Wildman–Crippen LogP) is -3.56. The van der Waals surface area contributed by atoms with Gasteiger partial charge in [-0.25, -0.2) is 0 Å². The van der Waals surface area contributed by atoms with E-state index in [0.29, 0.717) is 63.4 Å². The Hall–Kier alpha value is -2.21. The van der Waals surface area contributed by atoms with Crippen molar-refractivity contribution in [3.8, 4) is 0 Å². The predicted molar refractivity (Wildman–Crippen MR) is 225 cm³/mol. The summed E-state index contributed by atoms with van der Waals surface area (Å²) in [6, 6.07) is 0. The second-order valence-corrected chi connectivity index (χ2v) is 19.8. The molecule has 5 rings (SSSR count). The lowest BCUT2D eigenvalue weighted by Crippen LogP contribution is -2.65. The van der Waals surface area contributed by atoms with Gasteiger partial charge in [-0.1, -0.05) is 19.9 Å². The van der Waals surface area contributed by atoms with E-state index >= 15 is 0 Å². The van der Waals surface area contributed by atoms with E-state index in [0.717, 1.165) is 0 Å². The molecule has 1 spiro atoms. The summed E-state index contributed by atoms with van der Waals surface area (Å²) in [5.41, 5.74) is -2.64. The van der Waals surface area contributed by atoms with Crippen LogP contribution in [0.15, 0.2) is 23.7 Å². The molecule has 2 bridgehead atoms. The van der Waals surface area contributed by atoms with Gasteiger partial charge in [-0.05, 0) is 99.4 Å². The summed E-state index contributed by atoms with van der Waals surface area (Å²) >= 11 is 0. The van der Waals surface area contributed by atoms with Crippen LogP contribution in [0.1, 0.15) is 90.9 Å². The molecule has 0 aromatic rings. The summed E-state index contributed by atoms with van der Waals surface area (Å²) in [4.78, 5) is 14.9. The Balaban J connectivity index is 1.42. The van der Waals surface area contributed by atoms with Crippen molar-refractivity contribution in [1.29, 1.82) is 0 Å². The minimum Gasteiger partial charge on any atom is -0.506 e. The van der Waals surface area contributed by atoms with Crippen LogP contribution < -0.4 is 0 Å². The van der Waals surface area contributed by atoms with Gasteiger partial charge in [0.05, 0.1) is 29.8 Å². The van der Waals surface area contributed by atoms with E-state index in [9.17, 15) is 86.5 Å². The quantitative estimate of drug-likeness (QED) is 0.0204. The van der Waals surface area contributed by atoms with Crippen molar-refractivity contribution in [2.45, 2.75) is 189 Å². The minimum absolute atomic E-state index is 0.0275. The molecule has 5 fully saturated rings. The van der Waals surface area contributed by atoms with Crippen LogP contribution in [0.4, 0.5) is 0 Å². The van der Waals surface area contributed by atoms with Crippen LogP contribution in [0.5, 0.6) is 0 Å². The third-order valence-corrected chi connectivity index (χ3v) is 15.7. The maximum atomic E-state index is 14.9. The van der Waals surface area contributed by atoms with Crippen LogP contribution >= 0.6 is 0 Å². The highest BCUT2D eigenvalue weighted by atomic mass is 16.8. The highest BCUT2D eigenvalue weighted by Gasteiger charge is 2.69. The van der Waals surface area contributed by atoms with Gasteiger partial charge < -0.3 is 110 Å². The molecule has 0 aromatic heterocycles. The van der Waals surface area contributed by atoms with Gasteiger partial charge in [0.15, 0.2) is 30.2 Å². The zero-order valence-corrected chi connectivity index (χ0v) is 37.9. The second-order valence-electron chi connectivity index (χ2n) is 19.8. The van der Waals surface area contributed by atoms with Gasteiger partial charge in [-0.2, -0.15) is 0 Å². The van der Waals surface area contributed by atoms with E-state index in [2.05, 4.69) is 13.5 Å². The average Bonchev–Trinajstić information content (AvgIpc) is 3.48. The summed E-state index contributed by atoms with van der Waals surface area (Å²) in [5, 5.41) is 176. The molecule has 4 aliphatic carbocycles. The van der Waals surface area contributed by atoms with Crippen molar-refractivity contribution in [2.75, 3.05) is 26.4 Å². The first kappa shape index (κ1) is 55.7. The molecule has 5 aliphatic rings. The maximum absolute atomic E-state index is 14.9. The molecule has 4 saturated carbocycles. The van der Waals surface area contributed by atoms with Gasteiger partial charge in [0.1, 0.15) is 48.8 Å². The Labute approximate surface area is 387 Å². The first-order chi connectivity index (χ1) is 31.4. The molecule has 0 amide bonds. The highest BCUT2D eigenvalue weighted by molar-refractivity contribution is 5.77. The van der Waals surface area contributed by atoms with Gasteiger partial charge in [0.2, 0.25) is 12.6 Å². The van der Waals surface area contributed by atoms with Gasteiger partial charge in [0, 0.05) is 26.2 Å². The number of carbonyl (C=O) groups excluding carboxylic acids is 1. The molecule has 1 aliphatic heterocycles. The molecule has 16 unspecified atom stereocenters. The van der Waals surface area contributed by atoms with Crippen LogP contribution in [0, 0.1) is 28.1 Å². The van der Waals surface area contributed by atoms with E-state index in [1.165, 1.54) is 0 Å². The van der Waals surface area contributed by atoms with Gasteiger partial charge >= 0.3 is 5.97 Å². The van der Waals surface area contributed by atoms with Crippen molar-refractivity contribution in [3.63, 3.8) is 0 Å². The van der Waals surface area contributed by atoms with Gasteiger partial charge in [-0.3, -0.25) is 4.79 Å². The Kier molecular flexibility index (Phi) is 18.7. The molecular formula is C44H74O23. The van der Waals surface area contributed by atoms with E-state index in [1.807, 2.05) is 0 Å². The van der Waals surface area contributed by atoms with E-state index in [4.69, 9.17) is 28.8 Å². The number of carbonyl (C=O) groups is 1. The van der Waals surface area contributed by atoms with E-state index in [-0.39, 0.29) is 18.3 Å². The number of fused-ring (bicyclic) bond motifs is 3. The summed E-state index contributed by atoms with van der Waals surface area (Å²) in [6.45, 7) is 5.44. The normalized spacial score (nSPS) is 39.1. The van der Waals surface area contributed by atoms with Gasteiger partial charge in [-0.15, -0.1) is 0 Å². The van der Waals surface area contributed by atoms with E-state index < -0.39 is 171 Å². The second kappa shape index (κ2) is 22.5. The Bertz CT molecular complexity index is 1690. The molecule has 23 heteroatoms. The zero-order chi connectivity index (χ0) is 50.0. The molecule has 67 heavy (non-hydrogen) atoms. The molecule has 23 nitrogen and oxygen atoms in total. The molecule has 17 N–H and O–H groups in total. The first-order valence-electron chi connectivity index (χ1n) is 23.0. The molecule has 0 radical (unpaired) electrons. The maximum Gasteiger partial charge on any atom is 0.314 e. The number of aliphatic hydroxyl groups excluding tert-OH is 17. The average molecular weight is 971 g/mol. The fourth-order valence-corrected chi connectivity index (χ4v) is 12.1. The topological polar surface area (TPSA) is 407 Å². The highest BCUT2D eigenvalue weighted by Crippen LogP contribution is 2.73. The number of ether oxygens (including phenoxy) is 5. The van der Waals surface area contributed by atoms with Crippen LogP contribution in [-0.2, 0) is 28.5 Å². The molecule has 0 aromatic carbocycles. The lowest BCUT2D eigenvalue weighted by atomic mass is 9.41. The monoisotopic (exact) mass is 970 g/mol. The van der Waals surface area contributed by atoms with Crippen molar-refractivity contribution in [3.05, 3.63) is 23.7 Å². The third kappa shape index (κ3) is 11.0. The minimum atomic E-state index is -2.50. The zero-order valence-electron chi connectivity index (χ0n) is 37.9. The van der Waals surface area contributed by atoms with Crippen molar-refractivity contribution < 1.29 is 115 Å². The lowest BCUT2D eigenvalue weighted by molar-refractivity contribution is -0.359. The smallest absolute Gasteiger partial charge is 0.314 e. The van der Waals surface area contributed by atoms with Crippen LogP contribution in [0.25, 0.3) is 0 Å². The van der Waals surface area contributed by atoms with Gasteiger partial charge in [0.25, 0.3) is 0 Å². The van der Waals surface area contributed by atoms with Crippen molar-refractivity contribution in [1.82, 2.24) is 0 Å². The van der Waals surface area contributed by atoms with Crippen molar-refractivity contribution >= 4 is 5.97 Å². The molecular weight excluding hydrogens is 896 g/mol.